The van der Waals surface area contributed by atoms with Crippen molar-refractivity contribution in [2.45, 2.75) is 20.8 Å². The highest BCUT2D eigenvalue weighted by Gasteiger charge is 2.24. The molecule has 1 heterocycles. The molecule has 0 saturated carbocycles. The Labute approximate surface area is 168 Å². The highest BCUT2D eigenvalue weighted by molar-refractivity contribution is 7.16. The molecule has 0 spiro atoms. The van der Waals surface area contributed by atoms with E-state index in [1.165, 1.54) is 12.1 Å². The van der Waals surface area contributed by atoms with Gasteiger partial charge in [-0.25, -0.2) is 4.79 Å². The molecule has 2 aromatic rings. The molecule has 148 valence electrons. The van der Waals surface area contributed by atoms with Crippen LogP contribution in [0.2, 0.25) is 5.02 Å². The SMILES string of the molecule is CCOC(=O)NC(=O)c1c(NC(=O)c2cc([N+](=O)[O-])ccc2Cl)sc(C)c1C. The van der Waals surface area contributed by atoms with Gasteiger partial charge in [-0.15, -0.1) is 11.3 Å². The van der Waals surface area contributed by atoms with Crippen LogP contribution in [0.3, 0.4) is 0 Å². The number of thiophene rings is 1. The second kappa shape index (κ2) is 8.81. The molecule has 0 aliphatic carbocycles. The van der Waals surface area contributed by atoms with E-state index >= 15 is 0 Å². The summed E-state index contributed by atoms with van der Waals surface area (Å²) in [5.41, 5.74) is 0.266. The number of amides is 3. The number of carbonyl (C=O) groups excluding carboxylic acids is 3. The van der Waals surface area contributed by atoms with E-state index in [-0.39, 0.29) is 33.4 Å². The zero-order valence-corrected chi connectivity index (χ0v) is 16.7. The van der Waals surface area contributed by atoms with Gasteiger partial charge in [0.05, 0.1) is 27.7 Å². The maximum atomic E-state index is 12.6. The molecular formula is C17H16ClN3O6S. The summed E-state index contributed by atoms with van der Waals surface area (Å²) >= 11 is 7.11. The van der Waals surface area contributed by atoms with Gasteiger partial charge < -0.3 is 10.1 Å². The minimum atomic E-state index is -0.908. The second-order valence-electron chi connectivity index (χ2n) is 5.54. The largest absolute Gasteiger partial charge is 0.450 e. The van der Waals surface area contributed by atoms with Gasteiger partial charge in [-0.05, 0) is 32.4 Å². The van der Waals surface area contributed by atoms with Crippen LogP contribution in [-0.4, -0.2) is 29.4 Å². The van der Waals surface area contributed by atoms with Crippen LogP contribution in [0, 0.1) is 24.0 Å². The first-order valence-electron chi connectivity index (χ1n) is 7.99. The van der Waals surface area contributed by atoms with Crippen molar-refractivity contribution in [2.75, 3.05) is 11.9 Å². The number of aryl methyl sites for hydroxylation is 1. The zero-order valence-electron chi connectivity index (χ0n) is 15.1. The third kappa shape index (κ3) is 4.65. The van der Waals surface area contributed by atoms with Crippen LogP contribution < -0.4 is 10.6 Å². The third-order valence-electron chi connectivity index (χ3n) is 3.74. The molecule has 1 aromatic carbocycles. The number of nitrogens with zero attached hydrogens (tertiary/aromatic N) is 1. The molecule has 0 aliphatic heterocycles. The number of benzene rings is 1. The van der Waals surface area contributed by atoms with E-state index in [0.29, 0.717) is 5.56 Å². The number of nitro groups is 1. The van der Waals surface area contributed by atoms with Crippen molar-refractivity contribution >= 4 is 51.5 Å². The number of nitro benzene ring substituents is 1. The number of hydrogen-bond acceptors (Lipinski definition) is 7. The Morgan fingerprint density at radius 2 is 1.93 bits per heavy atom. The van der Waals surface area contributed by atoms with Gasteiger partial charge in [-0.2, -0.15) is 0 Å². The van der Waals surface area contributed by atoms with E-state index in [9.17, 15) is 24.5 Å². The zero-order chi connectivity index (χ0) is 21.0. The Morgan fingerprint density at radius 3 is 2.54 bits per heavy atom. The van der Waals surface area contributed by atoms with E-state index in [1.807, 2.05) is 0 Å². The van der Waals surface area contributed by atoms with Crippen molar-refractivity contribution in [3.8, 4) is 0 Å². The summed E-state index contributed by atoms with van der Waals surface area (Å²) in [6.45, 7) is 5.10. The summed E-state index contributed by atoms with van der Waals surface area (Å²) in [6.07, 6.45) is -0.908. The summed E-state index contributed by atoms with van der Waals surface area (Å²) in [4.78, 5) is 47.6. The van der Waals surface area contributed by atoms with Crippen molar-refractivity contribution in [1.82, 2.24) is 5.32 Å². The topological polar surface area (TPSA) is 128 Å². The molecule has 9 nitrogen and oxygen atoms in total. The highest BCUT2D eigenvalue weighted by Crippen LogP contribution is 2.33. The monoisotopic (exact) mass is 425 g/mol. The number of anilines is 1. The Morgan fingerprint density at radius 1 is 1.25 bits per heavy atom. The third-order valence-corrected chi connectivity index (χ3v) is 5.19. The Hall–Kier alpha value is -2.98. The van der Waals surface area contributed by atoms with Gasteiger partial charge in [-0.3, -0.25) is 25.0 Å². The minimum absolute atomic E-state index is 0.0191. The van der Waals surface area contributed by atoms with Crippen molar-refractivity contribution in [1.29, 1.82) is 0 Å². The van der Waals surface area contributed by atoms with Gasteiger partial charge in [0.15, 0.2) is 0 Å². The molecule has 0 atom stereocenters. The van der Waals surface area contributed by atoms with Crippen LogP contribution in [0.1, 0.15) is 38.1 Å². The second-order valence-corrected chi connectivity index (χ2v) is 7.17. The molecule has 0 aliphatic rings. The molecule has 11 heteroatoms. The number of alkyl carbamates (subject to hydrolysis) is 1. The number of ether oxygens (including phenoxy) is 1. The highest BCUT2D eigenvalue weighted by atomic mass is 35.5. The molecule has 0 fully saturated rings. The molecule has 0 bridgehead atoms. The van der Waals surface area contributed by atoms with Gasteiger partial charge in [0, 0.05) is 17.0 Å². The van der Waals surface area contributed by atoms with Crippen LogP contribution in [0.5, 0.6) is 0 Å². The summed E-state index contributed by atoms with van der Waals surface area (Å²) < 4.78 is 4.69. The predicted octanol–water partition coefficient (Wildman–Crippen LogP) is 4.07. The lowest BCUT2D eigenvalue weighted by atomic mass is 10.1. The number of rotatable bonds is 5. The van der Waals surface area contributed by atoms with Crippen LogP contribution in [0.25, 0.3) is 0 Å². The van der Waals surface area contributed by atoms with Crippen molar-refractivity contribution in [3.63, 3.8) is 0 Å². The standard InChI is InChI=1S/C17H16ClN3O6S/c1-4-27-17(24)20-15(23)13-8(2)9(3)28-16(13)19-14(22)11-7-10(21(25)26)5-6-12(11)18/h5-7H,4H2,1-3H3,(H,19,22)(H,20,23,24). The van der Waals surface area contributed by atoms with Gasteiger partial charge in [0.25, 0.3) is 17.5 Å². The number of hydrogen-bond donors (Lipinski definition) is 2. The summed E-state index contributed by atoms with van der Waals surface area (Å²) in [5, 5.41) is 15.8. The average Bonchev–Trinajstić information content (AvgIpc) is 2.88. The van der Waals surface area contributed by atoms with E-state index in [4.69, 9.17) is 11.6 Å². The Kier molecular flexibility index (Phi) is 6.71. The molecule has 3 amide bonds. The van der Waals surface area contributed by atoms with Gasteiger partial charge in [-0.1, -0.05) is 11.6 Å². The number of non-ortho nitro benzene ring substituents is 1. The lowest BCUT2D eigenvalue weighted by Gasteiger charge is -2.09. The normalized spacial score (nSPS) is 10.3. The molecule has 0 saturated heterocycles. The molecule has 2 rings (SSSR count). The maximum absolute atomic E-state index is 12.6. The molecular weight excluding hydrogens is 410 g/mol. The smallest absolute Gasteiger partial charge is 0.414 e. The van der Waals surface area contributed by atoms with Gasteiger partial charge in [0.1, 0.15) is 5.00 Å². The first kappa shape index (κ1) is 21.3. The maximum Gasteiger partial charge on any atom is 0.414 e. The van der Waals surface area contributed by atoms with Crippen LogP contribution in [0.4, 0.5) is 15.5 Å². The van der Waals surface area contributed by atoms with Crippen molar-refractivity contribution in [2.24, 2.45) is 0 Å². The van der Waals surface area contributed by atoms with Crippen LogP contribution in [0.15, 0.2) is 18.2 Å². The fourth-order valence-corrected chi connectivity index (χ4v) is 3.54. The predicted molar refractivity (Wildman–Crippen MR) is 104 cm³/mol. The molecule has 0 unspecified atom stereocenters. The number of imide groups is 1. The fraction of sp³-hybridized carbons (Fsp3) is 0.235. The van der Waals surface area contributed by atoms with Crippen LogP contribution in [-0.2, 0) is 4.74 Å². The number of nitrogens with one attached hydrogen (secondary N) is 2. The summed E-state index contributed by atoms with van der Waals surface area (Å²) in [5.74, 6) is -1.46. The quantitative estimate of drug-likeness (QED) is 0.549. The molecule has 1 aromatic heterocycles. The minimum Gasteiger partial charge on any atom is -0.450 e. The van der Waals surface area contributed by atoms with Crippen molar-refractivity contribution in [3.05, 3.63) is 54.9 Å². The van der Waals surface area contributed by atoms with Gasteiger partial charge >= 0.3 is 6.09 Å². The summed E-state index contributed by atoms with van der Waals surface area (Å²) in [6, 6.07) is 3.47. The molecule has 0 radical (unpaired) electrons. The Balaban J connectivity index is 2.34. The average molecular weight is 426 g/mol. The van der Waals surface area contributed by atoms with Crippen molar-refractivity contribution < 1.29 is 24.0 Å². The summed E-state index contributed by atoms with van der Waals surface area (Å²) in [7, 11) is 0. The molecule has 28 heavy (non-hydrogen) atoms. The van der Waals surface area contributed by atoms with E-state index in [2.05, 4.69) is 15.4 Å². The first-order valence-corrected chi connectivity index (χ1v) is 9.18. The number of carbonyl (C=O) groups is 3. The van der Waals surface area contributed by atoms with Crippen LogP contribution >= 0.6 is 22.9 Å². The lowest BCUT2D eigenvalue weighted by Crippen LogP contribution is -2.32. The van der Waals surface area contributed by atoms with E-state index in [1.54, 1.807) is 20.8 Å². The van der Waals surface area contributed by atoms with E-state index in [0.717, 1.165) is 22.3 Å². The molecule has 2 N–H and O–H groups in total. The van der Waals surface area contributed by atoms with Gasteiger partial charge in [0.2, 0.25) is 0 Å². The Bertz CT molecular complexity index is 972. The number of halogens is 1. The fourth-order valence-electron chi connectivity index (χ4n) is 2.28. The lowest BCUT2D eigenvalue weighted by molar-refractivity contribution is -0.384. The first-order chi connectivity index (χ1) is 13.1. The van der Waals surface area contributed by atoms with E-state index < -0.39 is 22.8 Å².